The Balaban J connectivity index is 1.78. The van der Waals surface area contributed by atoms with Crippen LogP contribution in [0.4, 0.5) is 0 Å². The van der Waals surface area contributed by atoms with Gasteiger partial charge in [-0.1, -0.05) is 31.0 Å². The average Bonchev–Trinajstić information content (AvgIpc) is 3.14. The number of rotatable bonds is 3. The van der Waals surface area contributed by atoms with Crippen molar-refractivity contribution in [1.82, 2.24) is 5.32 Å². The number of carbonyl (C=O) groups excluding carboxylic acids is 1. The number of nitriles is 1. The van der Waals surface area contributed by atoms with Crippen LogP contribution in [0.25, 0.3) is 11.0 Å². The molecule has 1 saturated carbocycles. The van der Waals surface area contributed by atoms with Crippen molar-refractivity contribution in [3.05, 3.63) is 36.1 Å². The van der Waals surface area contributed by atoms with Crippen molar-refractivity contribution >= 4 is 16.9 Å². The van der Waals surface area contributed by atoms with E-state index in [4.69, 9.17) is 4.42 Å². The molecule has 0 saturated heterocycles. The van der Waals surface area contributed by atoms with E-state index >= 15 is 0 Å². The molecule has 1 aliphatic rings. The molecule has 1 aromatic carbocycles. The van der Waals surface area contributed by atoms with Crippen LogP contribution in [0.2, 0.25) is 0 Å². The maximum atomic E-state index is 12.4. The lowest BCUT2D eigenvalue weighted by atomic mass is 9.87. The molecule has 4 heteroatoms. The van der Waals surface area contributed by atoms with Crippen molar-refractivity contribution < 1.29 is 9.21 Å². The van der Waals surface area contributed by atoms with Crippen LogP contribution in [0, 0.1) is 16.7 Å². The highest BCUT2D eigenvalue weighted by atomic mass is 16.3. The van der Waals surface area contributed by atoms with Gasteiger partial charge in [-0.05, 0) is 31.9 Å². The fourth-order valence-corrected chi connectivity index (χ4v) is 2.99. The fraction of sp³-hybridized carbons (Fsp3) is 0.412. The summed E-state index contributed by atoms with van der Waals surface area (Å²) in [6, 6.07) is 11.7. The summed E-state index contributed by atoms with van der Waals surface area (Å²) in [5.74, 6) is 0.547. The lowest BCUT2D eigenvalue weighted by Gasteiger charge is -2.21. The molecule has 1 fully saturated rings. The monoisotopic (exact) mass is 282 g/mol. The number of nitrogens with zero attached hydrogens (tertiary/aromatic N) is 1. The van der Waals surface area contributed by atoms with Gasteiger partial charge < -0.3 is 9.73 Å². The summed E-state index contributed by atoms with van der Waals surface area (Å²) in [5.41, 5.74) is -0.0373. The van der Waals surface area contributed by atoms with E-state index in [1.54, 1.807) is 0 Å². The molecule has 1 aliphatic carbocycles. The number of amides is 1. The molecule has 0 bridgehead atoms. The molecule has 3 rings (SSSR count). The van der Waals surface area contributed by atoms with E-state index in [0.29, 0.717) is 12.8 Å². The minimum Gasteiger partial charge on any atom is -0.459 e. The first-order valence-corrected chi connectivity index (χ1v) is 7.35. The minimum atomic E-state index is -0.847. The highest BCUT2D eigenvalue weighted by Crippen LogP contribution is 2.38. The Bertz CT molecular complexity index is 672. The Kier molecular flexibility index (Phi) is 3.42. The van der Waals surface area contributed by atoms with Crippen LogP contribution in [0.5, 0.6) is 0 Å². The summed E-state index contributed by atoms with van der Waals surface area (Å²) < 4.78 is 5.76. The predicted octanol–water partition coefficient (Wildman–Crippen LogP) is 3.69. The molecule has 108 valence electrons. The van der Waals surface area contributed by atoms with Gasteiger partial charge in [0.1, 0.15) is 16.8 Å². The molecule has 1 heterocycles. The highest BCUT2D eigenvalue weighted by molar-refractivity contribution is 5.86. The van der Waals surface area contributed by atoms with Crippen LogP contribution in [0.1, 0.15) is 44.4 Å². The molecule has 2 aromatic rings. The summed E-state index contributed by atoms with van der Waals surface area (Å²) >= 11 is 0. The predicted molar refractivity (Wildman–Crippen MR) is 79.3 cm³/mol. The number of nitrogens with one attached hydrogen (secondary N) is 1. The van der Waals surface area contributed by atoms with Gasteiger partial charge in [-0.15, -0.1) is 0 Å². The Morgan fingerprint density at radius 1 is 1.38 bits per heavy atom. The van der Waals surface area contributed by atoms with Crippen molar-refractivity contribution in [3.8, 4) is 6.07 Å². The first kappa shape index (κ1) is 13.7. The van der Waals surface area contributed by atoms with Crippen LogP contribution in [0.15, 0.2) is 34.7 Å². The van der Waals surface area contributed by atoms with Gasteiger partial charge in [-0.25, -0.2) is 0 Å². The number of fused-ring (bicyclic) bond motifs is 1. The van der Waals surface area contributed by atoms with E-state index in [9.17, 15) is 10.1 Å². The lowest BCUT2D eigenvalue weighted by Crippen LogP contribution is -2.39. The van der Waals surface area contributed by atoms with Crippen LogP contribution < -0.4 is 5.32 Å². The molecule has 4 nitrogen and oxygen atoms in total. The highest BCUT2D eigenvalue weighted by Gasteiger charge is 2.42. The Morgan fingerprint density at radius 2 is 2.10 bits per heavy atom. The summed E-state index contributed by atoms with van der Waals surface area (Å²) in [6.07, 6.45) is 3.20. The minimum absolute atomic E-state index is 0.171. The smallest absolute Gasteiger partial charge is 0.241 e. The van der Waals surface area contributed by atoms with E-state index in [-0.39, 0.29) is 11.9 Å². The average molecular weight is 282 g/mol. The van der Waals surface area contributed by atoms with E-state index in [2.05, 4.69) is 11.4 Å². The summed E-state index contributed by atoms with van der Waals surface area (Å²) in [5, 5.41) is 13.3. The Morgan fingerprint density at radius 3 is 2.76 bits per heavy atom. The quantitative estimate of drug-likeness (QED) is 0.933. The lowest BCUT2D eigenvalue weighted by molar-refractivity contribution is -0.128. The van der Waals surface area contributed by atoms with Crippen LogP contribution in [-0.2, 0) is 4.79 Å². The van der Waals surface area contributed by atoms with E-state index in [1.807, 2.05) is 37.3 Å². The molecule has 0 aliphatic heterocycles. The first-order valence-electron chi connectivity index (χ1n) is 7.35. The van der Waals surface area contributed by atoms with Gasteiger partial charge in [0, 0.05) is 5.39 Å². The molecule has 1 unspecified atom stereocenters. The molecule has 1 aromatic heterocycles. The molecular formula is C17H18N2O2. The normalized spacial score (nSPS) is 18.3. The third-order valence-electron chi connectivity index (χ3n) is 4.32. The fourth-order valence-electron chi connectivity index (χ4n) is 2.99. The van der Waals surface area contributed by atoms with Gasteiger partial charge in [0.2, 0.25) is 5.91 Å². The molecule has 21 heavy (non-hydrogen) atoms. The Hall–Kier alpha value is -2.28. The first-order chi connectivity index (χ1) is 10.1. The van der Waals surface area contributed by atoms with Gasteiger partial charge >= 0.3 is 0 Å². The number of carbonyl (C=O) groups is 1. The molecular weight excluding hydrogens is 264 g/mol. The SMILES string of the molecule is CC(NC(=O)C1(C#N)CCCC1)c1cc2ccccc2o1. The standard InChI is InChI=1S/C17H18N2O2/c1-12(15-10-13-6-2-3-7-14(13)21-15)19-16(20)17(11-18)8-4-5-9-17/h2-3,6-7,10,12H,4-5,8-9H2,1H3,(H,19,20). The number of benzene rings is 1. The van der Waals surface area contributed by atoms with Crippen molar-refractivity contribution in [3.63, 3.8) is 0 Å². The van der Waals surface area contributed by atoms with Gasteiger partial charge in [-0.2, -0.15) is 5.26 Å². The largest absolute Gasteiger partial charge is 0.459 e. The third kappa shape index (κ3) is 2.40. The van der Waals surface area contributed by atoms with Crippen LogP contribution in [-0.4, -0.2) is 5.91 Å². The number of furan rings is 1. The van der Waals surface area contributed by atoms with Gasteiger partial charge in [0.05, 0.1) is 12.1 Å². The second kappa shape index (κ2) is 5.25. The number of para-hydroxylation sites is 1. The second-order valence-electron chi connectivity index (χ2n) is 5.78. The van der Waals surface area contributed by atoms with Gasteiger partial charge in [-0.3, -0.25) is 4.79 Å². The van der Waals surface area contributed by atoms with Crippen molar-refractivity contribution in [2.75, 3.05) is 0 Å². The summed E-state index contributed by atoms with van der Waals surface area (Å²) in [7, 11) is 0. The maximum absolute atomic E-state index is 12.4. The maximum Gasteiger partial charge on any atom is 0.241 e. The van der Waals surface area contributed by atoms with Gasteiger partial charge in [0.15, 0.2) is 0 Å². The summed E-state index contributed by atoms with van der Waals surface area (Å²) in [6.45, 7) is 1.88. The zero-order chi connectivity index (χ0) is 14.9. The zero-order valence-electron chi connectivity index (χ0n) is 12.1. The molecule has 1 amide bonds. The number of hydrogen-bond acceptors (Lipinski definition) is 3. The van der Waals surface area contributed by atoms with Crippen molar-refractivity contribution in [1.29, 1.82) is 5.26 Å². The van der Waals surface area contributed by atoms with Crippen molar-refractivity contribution in [2.45, 2.75) is 38.6 Å². The van der Waals surface area contributed by atoms with Crippen LogP contribution >= 0.6 is 0 Å². The molecule has 1 N–H and O–H groups in total. The van der Waals surface area contributed by atoms with E-state index in [1.165, 1.54) is 0 Å². The zero-order valence-corrected chi connectivity index (χ0v) is 12.1. The van der Waals surface area contributed by atoms with E-state index in [0.717, 1.165) is 29.6 Å². The van der Waals surface area contributed by atoms with Gasteiger partial charge in [0.25, 0.3) is 0 Å². The summed E-state index contributed by atoms with van der Waals surface area (Å²) in [4.78, 5) is 12.4. The molecule has 0 spiro atoms. The second-order valence-corrected chi connectivity index (χ2v) is 5.78. The topological polar surface area (TPSA) is 66.0 Å². The Labute approximate surface area is 123 Å². The van der Waals surface area contributed by atoms with Crippen molar-refractivity contribution in [2.24, 2.45) is 5.41 Å². The molecule has 1 atom stereocenters. The van der Waals surface area contributed by atoms with Crippen LogP contribution in [0.3, 0.4) is 0 Å². The number of hydrogen-bond donors (Lipinski definition) is 1. The third-order valence-corrected chi connectivity index (χ3v) is 4.32. The molecule has 0 radical (unpaired) electrons. The van der Waals surface area contributed by atoms with E-state index < -0.39 is 5.41 Å².